The number of methoxy groups -OCH3 is 2. The summed E-state index contributed by atoms with van der Waals surface area (Å²) in [5.41, 5.74) is 0. The van der Waals surface area contributed by atoms with E-state index in [0.29, 0.717) is 11.8 Å². The Morgan fingerprint density at radius 1 is 1.00 bits per heavy atom. The van der Waals surface area contributed by atoms with Crippen LogP contribution in [0.4, 0.5) is 0 Å². The first-order chi connectivity index (χ1) is 4.79. The molecule has 0 aliphatic rings. The highest BCUT2D eigenvalue weighted by molar-refractivity contribution is 6.19. The standard InChI is InChI=1S/C6H12Cl2O2/c1-9-5(3-7)6(4-8)10-2/h5-6H,3-4H2,1-2H3. The van der Waals surface area contributed by atoms with Crippen LogP contribution in [0.25, 0.3) is 0 Å². The molecule has 62 valence electrons. The summed E-state index contributed by atoms with van der Waals surface area (Å²) in [6, 6.07) is 0. The molecule has 2 atom stereocenters. The fourth-order valence-corrected chi connectivity index (χ4v) is 1.28. The number of rotatable bonds is 5. The molecule has 0 aliphatic carbocycles. The topological polar surface area (TPSA) is 18.5 Å². The molecular weight excluding hydrogens is 175 g/mol. The summed E-state index contributed by atoms with van der Waals surface area (Å²) in [7, 11) is 3.18. The molecule has 0 aliphatic heterocycles. The lowest BCUT2D eigenvalue weighted by Gasteiger charge is -2.20. The van der Waals surface area contributed by atoms with Crippen LogP contribution in [0.15, 0.2) is 0 Å². The third-order valence-electron chi connectivity index (χ3n) is 1.32. The zero-order valence-corrected chi connectivity index (χ0v) is 7.65. The molecule has 0 radical (unpaired) electrons. The number of ether oxygens (including phenoxy) is 2. The Hall–Kier alpha value is 0.500. The summed E-state index contributed by atoms with van der Waals surface area (Å²) in [5.74, 6) is 0.809. The summed E-state index contributed by atoms with van der Waals surface area (Å²) in [4.78, 5) is 0. The fourth-order valence-electron chi connectivity index (χ4n) is 0.628. The Kier molecular flexibility index (Phi) is 6.54. The van der Waals surface area contributed by atoms with Crippen molar-refractivity contribution >= 4 is 23.2 Å². The van der Waals surface area contributed by atoms with Crippen molar-refractivity contribution in [2.45, 2.75) is 12.2 Å². The minimum absolute atomic E-state index is 0.107. The predicted octanol–water partition coefficient (Wildman–Crippen LogP) is 1.49. The third kappa shape index (κ3) is 3.06. The normalized spacial score (nSPS) is 16.8. The van der Waals surface area contributed by atoms with Crippen molar-refractivity contribution < 1.29 is 9.47 Å². The second kappa shape index (κ2) is 6.23. The average molecular weight is 187 g/mol. The van der Waals surface area contributed by atoms with Gasteiger partial charge in [0.1, 0.15) is 0 Å². The van der Waals surface area contributed by atoms with Gasteiger partial charge in [0.05, 0.1) is 24.0 Å². The molecule has 0 aromatic carbocycles. The zero-order valence-electron chi connectivity index (χ0n) is 6.14. The molecule has 0 saturated carbocycles. The minimum Gasteiger partial charge on any atom is -0.377 e. The van der Waals surface area contributed by atoms with Gasteiger partial charge in [-0.05, 0) is 0 Å². The molecule has 10 heavy (non-hydrogen) atoms. The van der Waals surface area contributed by atoms with E-state index in [0.717, 1.165) is 0 Å². The van der Waals surface area contributed by atoms with Crippen LogP contribution in [-0.2, 0) is 9.47 Å². The van der Waals surface area contributed by atoms with Crippen LogP contribution in [0.3, 0.4) is 0 Å². The van der Waals surface area contributed by atoms with Crippen LogP contribution < -0.4 is 0 Å². The second-order valence-corrected chi connectivity index (χ2v) is 2.47. The molecule has 0 saturated heterocycles. The van der Waals surface area contributed by atoms with Crippen LogP contribution in [0.1, 0.15) is 0 Å². The van der Waals surface area contributed by atoms with Gasteiger partial charge in [-0.1, -0.05) is 0 Å². The predicted molar refractivity (Wildman–Crippen MR) is 43.0 cm³/mol. The molecule has 0 amide bonds. The van der Waals surface area contributed by atoms with E-state index in [4.69, 9.17) is 32.7 Å². The van der Waals surface area contributed by atoms with Crippen LogP contribution in [0.2, 0.25) is 0 Å². The average Bonchev–Trinajstić information content (AvgIpc) is 2.00. The van der Waals surface area contributed by atoms with E-state index >= 15 is 0 Å². The fraction of sp³-hybridized carbons (Fsp3) is 1.00. The summed E-state index contributed by atoms with van der Waals surface area (Å²) in [5, 5.41) is 0. The van der Waals surface area contributed by atoms with E-state index < -0.39 is 0 Å². The molecule has 4 heteroatoms. The molecule has 0 bridgehead atoms. The van der Waals surface area contributed by atoms with Gasteiger partial charge in [0.2, 0.25) is 0 Å². The number of hydrogen-bond donors (Lipinski definition) is 0. The molecule has 2 unspecified atom stereocenters. The van der Waals surface area contributed by atoms with Crippen molar-refractivity contribution in [2.75, 3.05) is 26.0 Å². The molecule has 0 rings (SSSR count). The molecule has 0 aromatic rings. The Labute approximate surface area is 71.4 Å². The lowest BCUT2D eigenvalue weighted by atomic mass is 10.2. The number of alkyl halides is 2. The second-order valence-electron chi connectivity index (χ2n) is 1.86. The van der Waals surface area contributed by atoms with Crippen molar-refractivity contribution in [1.82, 2.24) is 0 Å². The van der Waals surface area contributed by atoms with Gasteiger partial charge >= 0.3 is 0 Å². The summed E-state index contributed by atoms with van der Waals surface area (Å²) < 4.78 is 10.0. The quantitative estimate of drug-likeness (QED) is 0.607. The van der Waals surface area contributed by atoms with Gasteiger partial charge in [0, 0.05) is 14.2 Å². The number of halogens is 2. The first-order valence-electron chi connectivity index (χ1n) is 2.97. The highest BCUT2D eigenvalue weighted by atomic mass is 35.5. The lowest BCUT2D eigenvalue weighted by molar-refractivity contribution is -0.0119. The van der Waals surface area contributed by atoms with E-state index in [-0.39, 0.29) is 12.2 Å². The monoisotopic (exact) mass is 186 g/mol. The maximum atomic E-state index is 5.56. The maximum Gasteiger partial charge on any atom is 0.0979 e. The largest absolute Gasteiger partial charge is 0.377 e. The highest BCUT2D eigenvalue weighted by Gasteiger charge is 2.18. The Morgan fingerprint density at radius 3 is 1.40 bits per heavy atom. The SMILES string of the molecule is COC(CCl)C(CCl)OC. The van der Waals surface area contributed by atoms with Crippen LogP contribution >= 0.6 is 23.2 Å². The van der Waals surface area contributed by atoms with Crippen molar-refractivity contribution in [3.63, 3.8) is 0 Å². The van der Waals surface area contributed by atoms with Crippen LogP contribution in [0.5, 0.6) is 0 Å². The lowest BCUT2D eigenvalue weighted by Crippen LogP contribution is -2.32. The minimum atomic E-state index is -0.107. The Bertz CT molecular complexity index is 62.1. The van der Waals surface area contributed by atoms with Gasteiger partial charge in [0.15, 0.2) is 0 Å². The molecule has 0 heterocycles. The van der Waals surface area contributed by atoms with Gasteiger partial charge in [-0.3, -0.25) is 0 Å². The van der Waals surface area contributed by atoms with Crippen LogP contribution in [0, 0.1) is 0 Å². The molecule has 0 N–H and O–H groups in total. The first-order valence-corrected chi connectivity index (χ1v) is 4.04. The first kappa shape index (κ1) is 10.5. The zero-order chi connectivity index (χ0) is 7.98. The van der Waals surface area contributed by atoms with Gasteiger partial charge in [0.25, 0.3) is 0 Å². The summed E-state index contributed by atoms with van der Waals surface area (Å²) >= 11 is 11.1. The summed E-state index contributed by atoms with van der Waals surface area (Å²) in [6.45, 7) is 0. The van der Waals surface area contributed by atoms with Crippen molar-refractivity contribution in [1.29, 1.82) is 0 Å². The number of hydrogen-bond acceptors (Lipinski definition) is 2. The maximum absolute atomic E-state index is 5.56. The van der Waals surface area contributed by atoms with Crippen molar-refractivity contribution in [2.24, 2.45) is 0 Å². The van der Waals surface area contributed by atoms with E-state index in [9.17, 15) is 0 Å². The Morgan fingerprint density at radius 2 is 1.30 bits per heavy atom. The van der Waals surface area contributed by atoms with Crippen LogP contribution in [-0.4, -0.2) is 38.2 Å². The summed E-state index contributed by atoms with van der Waals surface area (Å²) in [6.07, 6.45) is -0.215. The van der Waals surface area contributed by atoms with Gasteiger partial charge in [-0.15, -0.1) is 23.2 Å². The van der Waals surface area contributed by atoms with E-state index in [2.05, 4.69) is 0 Å². The van der Waals surface area contributed by atoms with Gasteiger partial charge in [-0.2, -0.15) is 0 Å². The van der Waals surface area contributed by atoms with Crippen molar-refractivity contribution in [3.05, 3.63) is 0 Å². The third-order valence-corrected chi connectivity index (χ3v) is 1.93. The molecule has 0 fully saturated rings. The molecule has 0 aromatic heterocycles. The van der Waals surface area contributed by atoms with Gasteiger partial charge < -0.3 is 9.47 Å². The molecule has 0 spiro atoms. The van der Waals surface area contributed by atoms with E-state index in [1.807, 2.05) is 0 Å². The van der Waals surface area contributed by atoms with E-state index in [1.54, 1.807) is 14.2 Å². The smallest absolute Gasteiger partial charge is 0.0979 e. The highest BCUT2D eigenvalue weighted by Crippen LogP contribution is 2.06. The van der Waals surface area contributed by atoms with Gasteiger partial charge in [-0.25, -0.2) is 0 Å². The van der Waals surface area contributed by atoms with Crippen molar-refractivity contribution in [3.8, 4) is 0 Å². The molecule has 2 nitrogen and oxygen atoms in total. The molecular formula is C6H12Cl2O2. The van der Waals surface area contributed by atoms with E-state index in [1.165, 1.54) is 0 Å². The Balaban J connectivity index is 3.70.